The number of carbonyl (C=O) groups excluding carboxylic acids is 1. The summed E-state index contributed by atoms with van der Waals surface area (Å²) in [5.74, 6) is -2.25. The number of hydrogen-bond donors (Lipinski definition) is 2. The van der Waals surface area contributed by atoms with Gasteiger partial charge in [-0.05, 0) is 41.8 Å². The van der Waals surface area contributed by atoms with E-state index in [1.165, 1.54) is 21.0 Å². The van der Waals surface area contributed by atoms with Gasteiger partial charge >= 0.3 is 6.09 Å². The molecular formula is C24H26F4N2O5. The Balaban J connectivity index is 1.87. The summed E-state index contributed by atoms with van der Waals surface area (Å²) < 4.78 is 64.5. The minimum Gasteiger partial charge on any atom is -0.497 e. The van der Waals surface area contributed by atoms with Crippen molar-refractivity contribution in [1.29, 1.82) is 0 Å². The molecule has 35 heavy (non-hydrogen) atoms. The number of carboxylic acid groups (broad SMARTS) is 1. The maximum atomic E-state index is 14.9. The van der Waals surface area contributed by atoms with Gasteiger partial charge in [0.15, 0.2) is 0 Å². The van der Waals surface area contributed by atoms with E-state index in [1.54, 1.807) is 18.2 Å². The van der Waals surface area contributed by atoms with Gasteiger partial charge in [-0.25, -0.2) is 22.4 Å². The molecule has 1 atom stereocenters. The first-order valence-corrected chi connectivity index (χ1v) is 10.8. The SMILES string of the molecule is COc1ccc2c(c1)CCN(C(=O)O)[C@H]2C(=O)Nc1cc(F)c(C(C)(C)COCC(F)F)c(F)c1. The normalized spacial score (nSPS) is 15.7. The van der Waals surface area contributed by atoms with Crippen molar-refractivity contribution in [2.24, 2.45) is 0 Å². The van der Waals surface area contributed by atoms with Crippen molar-refractivity contribution in [2.75, 3.05) is 32.2 Å². The molecule has 2 amide bonds. The topological polar surface area (TPSA) is 88.1 Å². The van der Waals surface area contributed by atoms with Crippen molar-refractivity contribution < 1.29 is 41.7 Å². The molecule has 7 nitrogen and oxygen atoms in total. The fourth-order valence-electron chi connectivity index (χ4n) is 4.20. The highest BCUT2D eigenvalue weighted by atomic mass is 19.3. The minimum atomic E-state index is -2.71. The van der Waals surface area contributed by atoms with E-state index in [9.17, 15) is 32.3 Å². The lowest BCUT2D eigenvalue weighted by Crippen LogP contribution is -2.44. The first kappa shape index (κ1) is 26.3. The molecule has 1 heterocycles. The number of carbonyl (C=O) groups is 2. The third-order valence-corrected chi connectivity index (χ3v) is 5.77. The molecule has 0 saturated heterocycles. The Morgan fingerprint density at radius 1 is 1.20 bits per heavy atom. The third kappa shape index (κ3) is 5.84. The largest absolute Gasteiger partial charge is 0.497 e. The molecule has 0 saturated carbocycles. The lowest BCUT2D eigenvalue weighted by molar-refractivity contribution is -0.121. The fourth-order valence-corrected chi connectivity index (χ4v) is 4.20. The van der Waals surface area contributed by atoms with Crippen LogP contribution in [0.2, 0.25) is 0 Å². The van der Waals surface area contributed by atoms with Crippen molar-refractivity contribution in [3.8, 4) is 5.75 Å². The van der Waals surface area contributed by atoms with Crippen LogP contribution >= 0.6 is 0 Å². The number of anilines is 1. The van der Waals surface area contributed by atoms with Crippen LogP contribution in [0.3, 0.4) is 0 Å². The first-order valence-electron chi connectivity index (χ1n) is 10.8. The highest BCUT2D eigenvalue weighted by molar-refractivity contribution is 5.97. The van der Waals surface area contributed by atoms with E-state index >= 15 is 0 Å². The number of alkyl halides is 2. The van der Waals surface area contributed by atoms with Crippen molar-refractivity contribution in [3.63, 3.8) is 0 Å². The van der Waals surface area contributed by atoms with Crippen LogP contribution in [0.25, 0.3) is 0 Å². The fraction of sp³-hybridized carbons (Fsp3) is 0.417. The zero-order chi connectivity index (χ0) is 25.9. The molecule has 3 rings (SSSR count). The molecule has 1 aliphatic rings. The summed E-state index contributed by atoms with van der Waals surface area (Å²) in [6, 6.07) is 5.44. The molecule has 190 valence electrons. The Kier molecular flexibility index (Phi) is 7.89. The quantitative estimate of drug-likeness (QED) is 0.513. The predicted octanol–water partition coefficient (Wildman–Crippen LogP) is 4.75. The van der Waals surface area contributed by atoms with Crippen molar-refractivity contribution in [3.05, 3.63) is 58.7 Å². The molecule has 0 aromatic heterocycles. The number of amides is 2. The molecule has 2 aromatic rings. The van der Waals surface area contributed by atoms with Crippen molar-refractivity contribution in [1.82, 2.24) is 4.90 Å². The highest BCUT2D eigenvalue weighted by Gasteiger charge is 2.37. The van der Waals surface area contributed by atoms with Crippen LogP contribution in [-0.2, 0) is 21.4 Å². The second kappa shape index (κ2) is 10.5. The molecule has 0 aliphatic carbocycles. The highest BCUT2D eigenvalue weighted by Crippen LogP contribution is 2.35. The average molecular weight is 498 g/mol. The maximum absolute atomic E-state index is 14.9. The van der Waals surface area contributed by atoms with E-state index in [1.807, 2.05) is 0 Å². The number of ether oxygens (including phenoxy) is 2. The monoisotopic (exact) mass is 498 g/mol. The van der Waals surface area contributed by atoms with Crippen LogP contribution in [0.1, 0.15) is 36.6 Å². The predicted molar refractivity (Wildman–Crippen MR) is 119 cm³/mol. The second-order valence-corrected chi connectivity index (χ2v) is 8.79. The van der Waals surface area contributed by atoms with Crippen LogP contribution in [0.5, 0.6) is 5.75 Å². The number of rotatable bonds is 8. The van der Waals surface area contributed by atoms with Crippen LogP contribution in [0.4, 0.5) is 28.0 Å². The Morgan fingerprint density at radius 2 is 1.86 bits per heavy atom. The molecule has 0 fully saturated rings. The van der Waals surface area contributed by atoms with Crippen LogP contribution in [0.15, 0.2) is 30.3 Å². The van der Waals surface area contributed by atoms with Gasteiger partial charge in [-0.15, -0.1) is 0 Å². The Hall–Kier alpha value is -3.34. The molecular weight excluding hydrogens is 472 g/mol. The number of methoxy groups -OCH3 is 1. The van der Waals surface area contributed by atoms with Crippen LogP contribution < -0.4 is 10.1 Å². The standard InChI is InChI=1S/C24H26F4N2O5/c1-24(2,12-35-11-19(27)28)20-17(25)9-14(10-18(20)26)29-22(31)21-16-5-4-15(34-3)8-13(16)6-7-30(21)23(32)33/h4-5,8-10,19,21H,6-7,11-12H2,1-3H3,(H,29,31)(H,32,33)/t21-/m1/s1. The number of hydrogen-bond acceptors (Lipinski definition) is 4. The lowest BCUT2D eigenvalue weighted by Gasteiger charge is -2.34. The van der Waals surface area contributed by atoms with Gasteiger partial charge in [0, 0.05) is 23.2 Å². The molecule has 1 aliphatic heterocycles. The van der Waals surface area contributed by atoms with E-state index in [0.717, 1.165) is 22.6 Å². The number of fused-ring (bicyclic) bond motifs is 1. The minimum absolute atomic E-state index is 0.0437. The molecule has 11 heteroatoms. The van der Waals surface area contributed by atoms with Gasteiger partial charge in [0.2, 0.25) is 0 Å². The summed E-state index contributed by atoms with van der Waals surface area (Å²) in [5.41, 5.74) is -0.712. The number of nitrogens with zero attached hydrogens (tertiary/aromatic N) is 1. The summed E-state index contributed by atoms with van der Waals surface area (Å²) in [5, 5.41) is 12.0. The van der Waals surface area contributed by atoms with E-state index in [-0.39, 0.29) is 24.4 Å². The van der Waals surface area contributed by atoms with Gasteiger partial charge < -0.3 is 19.9 Å². The smallest absolute Gasteiger partial charge is 0.408 e. The van der Waals surface area contributed by atoms with Crippen molar-refractivity contribution >= 4 is 17.7 Å². The van der Waals surface area contributed by atoms with Crippen LogP contribution in [-0.4, -0.2) is 55.3 Å². The summed E-state index contributed by atoms with van der Waals surface area (Å²) in [6.07, 6.45) is -3.66. The zero-order valence-corrected chi connectivity index (χ0v) is 19.4. The molecule has 0 spiro atoms. The van der Waals surface area contributed by atoms with Gasteiger partial charge in [-0.2, -0.15) is 0 Å². The molecule has 2 aromatic carbocycles. The Labute approximate surface area is 199 Å². The summed E-state index contributed by atoms with van der Waals surface area (Å²) in [4.78, 5) is 25.9. The van der Waals surface area contributed by atoms with E-state index < -0.39 is 48.1 Å². The number of nitrogens with one attached hydrogen (secondary N) is 1. The molecule has 2 N–H and O–H groups in total. The molecule has 0 unspecified atom stereocenters. The first-order chi connectivity index (χ1) is 16.4. The van der Waals surface area contributed by atoms with Gasteiger partial charge in [0.25, 0.3) is 12.3 Å². The van der Waals surface area contributed by atoms with Crippen LogP contribution in [0, 0.1) is 11.6 Å². The van der Waals surface area contributed by atoms with E-state index in [0.29, 0.717) is 17.7 Å². The zero-order valence-electron chi connectivity index (χ0n) is 19.4. The van der Waals surface area contributed by atoms with Crippen molar-refractivity contribution in [2.45, 2.75) is 38.2 Å². The summed E-state index contributed by atoms with van der Waals surface area (Å²) in [7, 11) is 1.48. The van der Waals surface area contributed by atoms with Gasteiger partial charge in [0.05, 0.1) is 13.7 Å². The average Bonchev–Trinajstić information content (AvgIpc) is 2.76. The maximum Gasteiger partial charge on any atom is 0.408 e. The van der Waals surface area contributed by atoms with E-state index in [4.69, 9.17) is 9.47 Å². The van der Waals surface area contributed by atoms with E-state index in [2.05, 4.69) is 5.32 Å². The molecule has 0 radical (unpaired) electrons. The lowest BCUT2D eigenvalue weighted by atomic mass is 9.84. The Bertz CT molecular complexity index is 1090. The third-order valence-electron chi connectivity index (χ3n) is 5.77. The number of halogens is 4. The number of benzene rings is 2. The second-order valence-electron chi connectivity index (χ2n) is 8.79. The summed E-state index contributed by atoms with van der Waals surface area (Å²) in [6.45, 7) is 1.71. The summed E-state index contributed by atoms with van der Waals surface area (Å²) >= 11 is 0. The van der Waals surface area contributed by atoms with Gasteiger partial charge in [-0.1, -0.05) is 19.9 Å². The molecule has 0 bridgehead atoms. The Morgan fingerprint density at radius 3 is 2.43 bits per heavy atom. The van der Waals surface area contributed by atoms with Gasteiger partial charge in [-0.3, -0.25) is 9.69 Å². The van der Waals surface area contributed by atoms with Gasteiger partial charge in [0.1, 0.15) is 30.0 Å².